The summed E-state index contributed by atoms with van der Waals surface area (Å²) in [5.41, 5.74) is 10.8. The third-order valence-electron chi connectivity index (χ3n) is 4.22. The fourth-order valence-electron chi connectivity index (χ4n) is 3.22. The predicted molar refractivity (Wildman–Crippen MR) is 84.0 cm³/mol. The summed E-state index contributed by atoms with van der Waals surface area (Å²) in [6, 6.07) is 21.6. The van der Waals surface area contributed by atoms with E-state index in [0.717, 1.165) is 11.4 Å². The van der Waals surface area contributed by atoms with E-state index in [9.17, 15) is 0 Å². The Balaban J connectivity index is 1.88. The van der Waals surface area contributed by atoms with E-state index < -0.39 is 0 Å². The molecule has 0 saturated heterocycles. The fraction of sp³-hybridized carbons (Fsp3) is 0.0526. The van der Waals surface area contributed by atoms with Gasteiger partial charge in [-0.3, -0.25) is 0 Å². The maximum atomic E-state index is 5.79. The number of anilines is 1. The van der Waals surface area contributed by atoms with Gasteiger partial charge in [-0.2, -0.15) is 0 Å². The van der Waals surface area contributed by atoms with Crippen LogP contribution in [0.1, 0.15) is 5.56 Å². The Kier molecular flexibility index (Phi) is 2.70. The van der Waals surface area contributed by atoms with Crippen molar-refractivity contribution in [3.05, 3.63) is 69.8 Å². The van der Waals surface area contributed by atoms with E-state index in [4.69, 9.17) is 4.84 Å². The second-order valence-electron chi connectivity index (χ2n) is 5.47. The van der Waals surface area contributed by atoms with Gasteiger partial charge in [-0.1, -0.05) is 0 Å². The van der Waals surface area contributed by atoms with Gasteiger partial charge >= 0.3 is 139 Å². The Morgan fingerprint density at radius 1 is 0.818 bits per heavy atom. The van der Waals surface area contributed by atoms with Crippen molar-refractivity contribution in [3.8, 4) is 28.0 Å². The second-order valence-corrected chi connectivity index (χ2v) is 8.16. The molecule has 108 valence electrons. The number of benzene rings is 3. The van der Waals surface area contributed by atoms with Gasteiger partial charge in [-0.25, -0.2) is 0 Å². The monoisotopic (exact) mass is 398 g/mol. The Morgan fingerprint density at radius 2 is 1.64 bits per heavy atom. The van der Waals surface area contributed by atoms with Gasteiger partial charge in [-0.05, 0) is 0 Å². The van der Waals surface area contributed by atoms with Crippen LogP contribution in [0.2, 0.25) is 0 Å². The standard InChI is InChI=1S/C19H13INO/c1-3-7-15-13(5-1)18-12(11-20-15)9-10-17-19(18)14-6-2-4-8-16(14)21-22-17/h1-10,21H,11H2/q-1. The number of halogens is 1. The van der Waals surface area contributed by atoms with Gasteiger partial charge in [-0.15, -0.1) is 0 Å². The van der Waals surface area contributed by atoms with Crippen molar-refractivity contribution in [2.75, 3.05) is 5.48 Å². The van der Waals surface area contributed by atoms with E-state index in [1.807, 2.05) is 6.07 Å². The van der Waals surface area contributed by atoms with Gasteiger partial charge in [0.15, 0.2) is 0 Å². The fourth-order valence-corrected chi connectivity index (χ4v) is 6.00. The molecule has 0 fully saturated rings. The normalized spacial score (nSPS) is 14.2. The van der Waals surface area contributed by atoms with E-state index in [-0.39, 0.29) is 21.2 Å². The quantitative estimate of drug-likeness (QED) is 0.458. The Morgan fingerprint density at radius 3 is 2.59 bits per heavy atom. The van der Waals surface area contributed by atoms with Crippen molar-refractivity contribution in [1.82, 2.24) is 0 Å². The molecule has 0 saturated carbocycles. The molecule has 2 aliphatic heterocycles. The van der Waals surface area contributed by atoms with Crippen LogP contribution in [0, 0.1) is 3.57 Å². The van der Waals surface area contributed by atoms with Gasteiger partial charge in [0.1, 0.15) is 0 Å². The van der Waals surface area contributed by atoms with Crippen molar-refractivity contribution < 1.29 is 26.0 Å². The number of fused-ring (bicyclic) bond motifs is 7. The van der Waals surface area contributed by atoms with Gasteiger partial charge in [0.25, 0.3) is 0 Å². The summed E-state index contributed by atoms with van der Waals surface area (Å²) < 4.78 is 2.74. The Bertz CT molecular complexity index is 829. The summed E-state index contributed by atoms with van der Waals surface area (Å²) in [6.45, 7) is 0. The van der Waals surface area contributed by atoms with Gasteiger partial charge in [0.05, 0.1) is 0 Å². The molecule has 3 heteroatoms. The summed E-state index contributed by atoms with van der Waals surface area (Å²) in [5.74, 6) is 0.923. The molecule has 0 radical (unpaired) electrons. The molecule has 22 heavy (non-hydrogen) atoms. The number of nitrogens with one attached hydrogen (secondary N) is 1. The average Bonchev–Trinajstić information content (AvgIpc) is 2.60. The average molecular weight is 398 g/mol. The molecule has 0 aromatic heterocycles. The van der Waals surface area contributed by atoms with Crippen molar-refractivity contribution in [2.45, 2.75) is 4.43 Å². The van der Waals surface area contributed by atoms with E-state index in [0.29, 0.717) is 0 Å². The van der Waals surface area contributed by atoms with Crippen LogP contribution in [0.15, 0.2) is 60.7 Å². The van der Waals surface area contributed by atoms with Crippen molar-refractivity contribution >= 4 is 5.69 Å². The van der Waals surface area contributed by atoms with Crippen molar-refractivity contribution in [1.29, 1.82) is 0 Å². The van der Waals surface area contributed by atoms with Crippen LogP contribution >= 0.6 is 0 Å². The molecule has 0 amide bonds. The number of para-hydroxylation sites is 1. The minimum atomic E-state index is 0.0669. The van der Waals surface area contributed by atoms with E-state index in [1.54, 1.807) is 3.57 Å². The summed E-state index contributed by atoms with van der Waals surface area (Å²) in [4.78, 5) is 5.79. The zero-order valence-corrected chi connectivity index (χ0v) is 13.9. The number of hydrogen-bond donors (Lipinski definition) is 1. The van der Waals surface area contributed by atoms with Gasteiger partial charge in [0, 0.05) is 0 Å². The van der Waals surface area contributed by atoms with Gasteiger partial charge in [0.2, 0.25) is 0 Å². The van der Waals surface area contributed by atoms with E-state index >= 15 is 0 Å². The molecule has 0 bridgehead atoms. The summed E-state index contributed by atoms with van der Waals surface area (Å²) in [6.07, 6.45) is 0. The number of rotatable bonds is 0. The molecular formula is C19H13INO-. The SMILES string of the molecule is c1ccc2c(c1)NOc1ccc3c(c1-2)-c1ccccc1[I-]C3. The molecule has 2 nitrogen and oxygen atoms in total. The third kappa shape index (κ3) is 1.72. The summed E-state index contributed by atoms with van der Waals surface area (Å²) >= 11 is 0.0669. The minimum absolute atomic E-state index is 0.0669. The predicted octanol–water partition coefficient (Wildman–Crippen LogP) is 1.51. The Hall–Kier alpha value is -2.01. The number of alkyl halides is 1. The zero-order chi connectivity index (χ0) is 14.5. The van der Waals surface area contributed by atoms with Crippen molar-refractivity contribution in [2.24, 2.45) is 0 Å². The Labute approximate surface area is 139 Å². The van der Waals surface area contributed by atoms with Crippen LogP contribution in [0.3, 0.4) is 0 Å². The molecule has 0 aliphatic carbocycles. The topological polar surface area (TPSA) is 21.3 Å². The first-order valence-electron chi connectivity index (χ1n) is 7.28. The summed E-state index contributed by atoms with van der Waals surface area (Å²) in [5, 5.41) is 0. The second kappa shape index (κ2) is 4.74. The number of hydrogen-bond acceptors (Lipinski definition) is 2. The first kappa shape index (κ1) is 12.5. The molecule has 0 atom stereocenters. The molecule has 3 aromatic rings. The molecule has 1 N–H and O–H groups in total. The van der Waals surface area contributed by atoms with Crippen LogP contribution in [0.5, 0.6) is 5.75 Å². The van der Waals surface area contributed by atoms with Crippen LogP contribution in [-0.2, 0) is 4.43 Å². The molecule has 3 aromatic carbocycles. The zero-order valence-electron chi connectivity index (χ0n) is 11.8. The maximum absolute atomic E-state index is 5.79. The van der Waals surface area contributed by atoms with Crippen LogP contribution in [0.4, 0.5) is 5.69 Å². The van der Waals surface area contributed by atoms with Crippen molar-refractivity contribution in [3.63, 3.8) is 0 Å². The van der Waals surface area contributed by atoms with Gasteiger partial charge < -0.3 is 0 Å². The van der Waals surface area contributed by atoms with Crippen LogP contribution in [-0.4, -0.2) is 0 Å². The first-order valence-corrected chi connectivity index (χ1v) is 9.89. The third-order valence-corrected chi connectivity index (χ3v) is 7.18. The van der Waals surface area contributed by atoms with E-state index in [1.165, 1.54) is 32.2 Å². The summed E-state index contributed by atoms with van der Waals surface area (Å²) in [7, 11) is 0. The molecule has 2 heterocycles. The molecule has 0 spiro atoms. The molecular weight excluding hydrogens is 385 g/mol. The van der Waals surface area contributed by atoms with E-state index in [2.05, 4.69) is 60.1 Å². The molecule has 5 rings (SSSR count). The molecule has 0 unspecified atom stereocenters. The van der Waals surface area contributed by atoms with Crippen LogP contribution < -0.4 is 31.5 Å². The first-order chi connectivity index (χ1) is 10.9. The molecule has 2 aliphatic rings. The van der Waals surface area contributed by atoms with Crippen LogP contribution in [0.25, 0.3) is 22.3 Å².